The largest absolute Gasteiger partial charge is 0.504 e. The summed E-state index contributed by atoms with van der Waals surface area (Å²) in [4.78, 5) is 26.6. The lowest BCUT2D eigenvalue weighted by Gasteiger charge is -2.41. The third-order valence-electron chi connectivity index (χ3n) is 6.44. The minimum Gasteiger partial charge on any atom is -0.504 e. The number of ketones is 1. The van der Waals surface area contributed by atoms with Crippen molar-refractivity contribution in [2.45, 2.75) is 52.1 Å². The highest BCUT2D eigenvalue weighted by Gasteiger charge is 2.46. The maximum absolute atomic E-state index is 13.3. The number of ether oxygens (including phenoxy) is 3. The number of benzene rings is 1. The molecule has 0 saturated carbocycles. The summed E-state index contributed by atoms with van der Waals surface area (Å²) in [5, 5.41) is 13.7. The number of fused-ring (bicyclic) bond motifs is 1. The molecule has 1 fully saturated rings. The van der Waals surface area contributed by atoms with Gasteiger partial charge in [0.25, 0.3) is 0 Å². The van der Waals surface area contributed by atoms with Crippen LogP contribution in [0.25, 0.3) is 0 Å². The number of aromatic hydroxyl groups is 1. The molecule has 32 heavy (non-hydrogen) atoms. The molecule has 7 heteroatoms. The van der Waals surface area contributed by atoms with Crippen LogP contribution >= 0.6 is 0 Å². The normalized spacial score (nSPS) is 26.8. The van der Waals surface area contributed by atoms with Crippen LogP contribution in [0.15, 0.2) is 41.2 Å². The molecule has 0 aromatic heterocycles. The molecule has 0 bridgehead atoms. The summed E-state index contributed by atoms with van der Waals surface area (Å²) in [5.41, 5.74) is 2.23. The molecule has 2 N–H and O–H groups in total. The van der Waals surface area contributed by atoms with Gasteiger partial charge in [0.2, 0.25) is 0 Å². The number of hydrogen-bond acceptors (Lipinski definition) is 7. The summed E-state index contributed by atoms with van der Waals surface area (Å²) in [6, 6.07) is 5.01. The monoisotopic (exact) mass is 441 g/mol. The molecule has 1 aliphatic carbocycles. The zero-order chi connectivity index (χ0) is 23.0. The SMILES string of the molecule is COc1ccc(C2C(C(=O)OCC3CCCO3)=C(C)NC3=CC(C)(C)CC(=O)C32)cc1O. The number of phenols is 1. The Bertz CT molecular complexity index is 986. The summed E-state index contributed by atoms with van der Waals surface area (Å²) < 4.78 is 16.4. The molecular formula is C25H31NO6. The summed E-state index contributed by atoms with van der Waals surface area (Å²) >= 11 is 0. The molecule has 2 heterocycles. The van der Waals surface area contributed by atoms with E-state index in [-0.39, 0.29) is 29.7 Å². The topological polar surface area (TPSA) is 94.1 Å². The van der Waals surface area contributed by atoms with Gasteiger partial charge in [-0.3, -0.25) is 4.79 Å². The Hall–Kier alpha value is -2.80. The van der Waals surface area contributed by atoms with Crippen molar-refractivity contribution in [3.05, 3.63) is 46.8 Å². The Kier molecular flexibility index (Phi) is 6.03. The number of phenolic OH excluding ortho intramolecular Hbond substituents is 1. The molecule has 4 rings (SSSR count). The van der Waals surface area contributed by atoms with E-state index in [9.17, 15) is 14.7 Å². The quantitative estimate of drug-likeness (QED) is 0.675. The number of rotatable bonds is 5. The average Bonchev–Trinajstić information content (AvgIpc) is 3.23. The number of allylic oxidation sites excluding steroid dienone is 3. The van der Waals surface area contributed by atoms with Crippen LogP contribution in [-0.2, 0) is 19.1 Å². The van der Waals surface area contributed by atoms with E-state index >= 15 is 0 Å². The molecule has 172 valence electrons. The van der Waals surface area contributed by atoms with Crippen molar-refractivity contribution in [3.63, 3.8) is 0 Å². The van der Waals surface area contributed by atoms with Crippen molar-refractivity contribution in [1.82, 2.24) is 5.32 Å². The van der Waals surface area contributed by atoms with Gasteiger partial charge in [-0.25, -0.2) is 4.79 Å². The van der Waals surface area contributed by atoms with E-state index in [1.807, 2.05) is 20.8 Å². The summed E-state index contributed by atoms with van der Waals surface area (Å²) in [5.74, 6) is -1.25. The molecule has 3 aliphatic rings. The molecule has 7 nitrogen and oxygen atoms in total. The summed E-state index contributed by atoms with van der Waals surface area (Å²) in [6.45, 7) is 6.73. The number of hydrogen-bond donors (Lipinski definition) is 2. The predicted molar refractivity (Wildman–Crippen MR) is 118 cm³/mol. The minimum absolute atomic E-state index is 0.0395. The standard InChI is InChI=1S/C25H31NO6/c1-14-21(24(29)32-13-16-6-5-9-31-16)22(15-7-8-20(30-4)18(27)10-15)23-17(26-14)11-25(2,3)12-19(23)28/h7-8,10-11,16,22-23,26-27H,5-6,9,12-13H2,1-4H3. The van der Waals surface area contributed by atoms with Gasteiger partial charge in [-0.05, 0) is 42.9 Å². The fourth-order valence-electron chi connectivity index (χ4n) is 5.02. The molecule has 0 spiro atoms. The van der Waals surface area contributed by atoms with E-state index < -0.39 is 17.8 Å². The molecule has 0 amide bonds. The van der Waals surface area contributed by atoms with E-state index in [0.717, 1.165) is 18.5 Å². The van der Waals surface area contributed by atoms with E-state index in [1.165, 1.54) is 7.11 Å². The van der Waals surface area contributed by atoms with Gasteiger partial charge in [-0.15, -0.1) is 0 Å². The Morgan fingerprint density at radius 1 is 1.31 bits per heavy atom. The van der Waals surface area contributed by atoms with Crippen LogP contribution in [0.3, 0.4) is 0 Å². The van der Waals surface area contributed by atoms with Crippen LogP contribution in [0, 0.1) is 11.3 Å². The van der Waals surface area contributed by atoms with Gasteiger partial charge in [0.1, 0.15) is 12.4 Å². The van der Waals surface area contributed by atoms with Crippen LogP contribution in [0.5, 0.6) is 11.5 Å². The maximum Gasteiger partial charge on any atom is 0.336 e. The highest BCUT2D eigenvalue weighted by atomic mass is 16.6. The molecule has 3 atom stereocenters. The Morgan fingerprint density at radius 2 is 2.09 bits per heavy atom. The van der Waals surface area contributed by atoms with E-state index in [2.05, 4.69) is 11.4 Å². The highest BCUT2D eigenvalue weighted by Crippen LogP contribution is 2.48. The van der Waals surface area contributed by atoms with Crippen molar-refractivity contribution in [3.8, 4) is 11.5 Å². The van der Waals surface area contributed by atoms with Crippen LogP contribution < -0.4 is 10.1 Å². The molecule has 1 aromatic carbocycles. The van der Waals surface area contributed by atoms with Crippen LogP contribution in [0.4, 0.5) is 0 Å². The van der Waals surface area contributed by atoms with Gasteiger partial charge in [-0.2, -0.15) is 0 Å². The fraction of sp³-hybridized carbons (Fsp3) is 0.520. The van der Waals surface area contributed by atoms with Gasteiger partial charge in [0.15, 0.2) is 11.5 Å². The number of carbonyl (C=O) groups excluding carboxylic acids is 2. The zero-order valence-corrected chi connectivity index (χ0v) is 19.1. The van der Waals surface area contributed by atoms with Gasteiger partial charge >= 0.3 is 5.97 Å². The first-order valence-corrected chi connectivity index (χ1v) is 11.1. The fourth-order valence-corrected chi connectivity index (χ4v) is 5.02. The first kappa shape index (κ1) is 22.4. The second-order valence-electron chi connectivity index (χ2n) is 9.52. The highest BCUT2D eigenvalue weighted by molar-refractivity contribution is 5.96. The smallest absolute Gasteiger partial charge is 0.336 e. The predicted octanol–water partition coefficient (Wildman–Crippen LogP) is 3.58. The molecule has 1 aromatic rings. The number of Topliss-reactive ketones (excluding diaryl/α,β-unsaturated/α-hetero) is 1. The lowest BCUT2D eigenvalue weighted by Crippen LogP contribution is -2.43. The number of esters is 1. The lowest BCUT2D eigenvalue weighted by molar-refractivity contribution is -0.143. The van der Waals surface area contributed by atoms with Crippen molar-refractivity contribution < 1.29 is 28.9 Å². The molecule has 0 radical (unpaired) electrons. The first-order valence-electron chi connectivity index (χ1n) is 11.1. The average molecular weight is 442 g/mol. The lowest BCUT2D eigenvalue weighted by atomic mass is 9.66. The number of methoxy groups -OCH3 is 1. The van der Waals surface area contributed by atoms with Crippen LogP contribution in [0.2, 0.25) is 0 Å². The molecule has 1 saturated heterocycles. The second-order valence-corrected chi connectivity index (χ2v) is 9.52. The number of carbonyl (C=O) groups is 2. The summed E-state index contributed by atoms with van der Waals surface area (Å²) in [7, 11) is 1.48. The zero-order valence-electron chi connectivity index (χ0n) is 19.1. The van der Waals surface area contributed by atoms with Crippen LogP contribution in [0.1, 0.15) is 51.5 Å². The van der Waals surface area contributed by atoms with Gasteiger partial charge in [-0.1, -0.05) is 26.0 Å². The molecule has 3 unspecified atom stereocenters. The van der Waals surface area contributed by atoms with E-state index in [4.69, 9.17) is 14.2 Å². The Balaban J connectivity index is 1.75. The van der Waals surface area contributed by atoms with Crippen molar-refractivity contribution in [2.75, 3.05) is 20.3 Å². The van der Waals surface area contributed by atoms with Crippen molar-refractivity contribution in [2.24, 2.45) is 11.3 Å². The Labute approximate surface area is 188 Å². The molecular weight excluding hydrogens is 410 g/mol. The van der Waals surface area contributed by atoms with Crippen molar-refractivity contribution >= 4 is 11.8 Å². The Morgan fingerprint density at radius 3 is 2.75 bits per heavy atom. The van der Waals surface area contributed by atoms with Gasteiger partial charge in [0.05, 0.1) is 24.7 Å². The van der Waals surface area contributed by atoms with Crippen LogP contribution in [-0.4, -0.2) is 43.3 Å². The van der Waals surface area contributed by atoms with Crippen molar-refractivity contribution in [1.29, 1.82) is 0 Å². The third-order valence-corrected chi connectivity index (χ3v) is 6.44. The third kappa shape index (κ3) is 4.26. The minimum atomic E-state index is -0.570. The maximum atomic E-state index is 13.3. The second kappa shape index (κ2) is 8.62. The number of nitrogens with one attached hydrogen (secondary N) is 1. The van der Waals surface area contributed by atoms with Gasteiger partial charge < -0.3 is 24.6 Å². The summed E-state index contributed by atoms with van der Waals surface area (Å²) in [6.07, 6.45) is 4.18. The van der Waals surface area contributed by atoms with E-state index in [0.29, 0.717) is 35.6 Å². The first-order chi connectivity index (χ1) is 15.2. The van der Waals surface area contributed by atoms with Gasteiger partial charge in [0, 0.05) is 30.3 Å². The van der Waals surface area contributed by atoms with E-state index in [1.54, 1.807) is 18.2 Å². The molecule has 2 aliphatic heterocycles.